The summed E-state index contributed by atoms with van der Waals surface area (Å²) in [5.74, 6) is 2.48. The fourth-order valence-corrected chi connectivity index (χ4v) is 9.06. The average molecular weight is 503 g/mol. The summed E-state index contributed by atoms with van der Waals surface area (Å²) in [5.41, 5.74) is 1.83. The van der Waals surface area contributed by atoms with E-state index in [-0.39, 0.29) is 23.4 Å². The highest BCUT2D eigenvalue weighted by Gasteiger charge is 2.45. The Hall–Kier alpha value is -2.21. The first kappa shape index (κ1) is 23.9. The largest absolute Gasteiger partial charge is 0.342 e. The number of hydrogen-bond donors (Lipinski definition) is 0. The second kappa shape index (κ2) is 9.52. The number of piperidine rings is 2. The molecule has 3 saturated heterocycles. The van der Waals surface area contributed by atoms with E-state index in [2.05, 4.69) is 15.5 Å². The van der Waals surface area contributed by atoms with Gasteiger partial charge in [0.1, 0.15) is 0 Å². The van der Waals surface area contributed by atoms with Crippen LogP contribution in [0, 0.1) is 11.8 Å². The average Bonchev–Trinajstić information content (AvgIpc) is 3.02. The van der Waals surface area contributed by atoms with Gasteiger partial charge in [-0.2, -0.15) is 0 Å². The lowest BCUT2D eigenvalue weighted by molar-refractivity contribution is -0.119. The molecule has 2 aromatic rings. The fraction of sp³-hybridized carbons (Fsp3) is 0.710. The normalized spacial score (nSPS) is 36.1. The number of Topliss-reactive ketones (excluding diaryl/α,β-unsaturated/α-hetero) is 1. The molecule has 2 aliphatic carbocycles. The molecule has 0 spiro atoms. The van der Waals surface area contributed by atoms with Crippen LogP contribution in [0.15, 0.2) is 29.1 Å². The standard InChI is InChI=1S/C31H42N4O2/c1-20(36)28-13-14-33(28)30-31(37)35(29-12-5-4-11-27(29)32-30)26-18-23-9-6-10-24(19-26)34(23)25-16-21-7-2-3-8-22(15-21)17-25/h4-5,11-12,21-26,28H,2-3,6-10,13-19H2,1H3/t21-,22+,23-,24+,25?,26?,28-/m0/s1. The minimum absolute atomic E-state index is 0.00450. The number of hydrogen-bond acceptors (Lipinski definition) is 5. The predicted molar refractivity (Wildman–Crippen MR) is 147 cm³/mol. The molecule has 37 heavy (non-hydrogen) atoms. The van der Waals surface area contributed by atoms with E-state index in [9.17, 15) is 9.59 Å². The van der Waals surface area contributed by atoms with E-state index in [1.807, 2.05) is 23.1 Å². The smallest absolute Gasteiger partial charge is 0.294 e. The molecule has 0 radical (unpaired) electrons. The van der Waals surface area contributed by atoms with Crippen molar-refractivity contribution in [1.29, 1.82) is 0 Å². The molecule has 2 unspecified atom stereocenters. The van der Waals surface area contributed by atoms with Gasteiger partial charge in [0, 0.05) is 30.7 Å². The molecule has 5 fully saturated rings. The van der Waals surface area contributed by atoms with Crippen molar-refractivity contribution in [2.24, 2.45) is 11.8 Å². The number of fused-ring (bicyclic) bond motifs is 5. The van der Waals surface area contributed by atoms with Gasteiger partial charge in [-0.3, -0.25) is 14.5 Å². The Morgan fingerprint density at radius 1 is 0.811 bits per heavy atom. The number of anilines is 1. The van der Waals surface area contributed by atoms with Crippen LogP contribution >= 0.6 is 0 Å². The van der Waals surface area contributed by atoms with E-state index in [1.54, 1.807) is 6.92 Å². The van der Waals surface area contributed by atoms with Crippen LogP contribution in [0.1, 0.15) is 96.4 Å². The molecule has 1 aromatic carbocycles. The molecule has 4 heterocycles. The van der Waals surface area contributed by atoms with Gasteiger partial charge in [0.15, 0.2) is 11.6 Å². The van der Waals surface area contributed by atoms with Gasteiger partial charge in [-0.1, -0.05) is 44.2 Å². The molecule has 7 atom stereocenters. The SMILES string of the molecule is CC(=O)[C@@H]1CCN1c1nc2ccccc2n(C2C[C@H]3CCC[C@@H](C2)N3C2C[C@H]3CCCC[C@@H](C2)C3)c1=O. The van der Waals surface area contributed by atoms with Crippen molar-refractivity contribution in [3.63, 3.8) is 0 Å². The second-order valence-corrected chi connectivity index (χ2v) is 12.9. The van der Waals surface area contributed by atoms with Crippen molar-refractivity contribution in [2.75, 3.05) is 11.4 Å². The number of nitrogens with zero attached hydrogens (tertiary/aromatic N) is 4. The quantitative estimate of drug-likeness (QED) is 0.554. The summed E-state index contributed by atoms with van der Waals surface area (Å²) in [7, 11) is 0. The van der Waals surface area contributed by atoms with Gasteiger partial charge in [-0.05, 0) is 82.3 Å². The molecule has 4 bridgehead atoms. The van der Waals surface area contributed by atoms with Gasteiger partial charge in [-0.25, -0.2) is 4.98 Å². The Kier molecular flexibility index (Phi) is 6.14. The Morgan fingerprint density at radius 3 is 2.16 bits per heavy atom. The Morgan fingerprint density at radius 2 is 1.51 bits per heavy atom. The van der Waals surface area contributed by atoms with E-state index in [1.165, 1.54) is 64.2 Å². The summed E-state index contributed by atoms with van der Waals surface area (Å²) in [5, 5.41) is 0. The molecule has 0 amide bonds. The fourth-order valence-electron chi connectivity index (χ4n) is 9.06. The number of aromatic nitrogens is 2. The summed E-state index contributed by atoms with van der Waals surface area (Å²) in [6.45, 7) is 2.37. The third-order valence-electron chi connectivity index (χ3n) is 10.7. The van der Waals surface area contributed by atoms with E-state index < -0.39 is 0 Å². The second-order valence-electron chi connectivity index (χ2n) is 12.9. The number of benzene rings is 1. The molecule has 3 aliphatic heterocycles. The first-order valence-corrected chi connectivity index (χ1v) is 15.1. The lowest BCUT2D eigenvalue weighted by atomic mass is 9.73. The highest BCUT2D eigenvalue weighted by Crippen LogP contribution is 2.47. The van der Waals surface area contributed by atoms with Crippen LogP contribution in [0.3, 0.4) is 0 Å². The van der Waals surface area contributed by atoms with Gasteiger partial charge < -0.3 is 9.47 Å². The van der Waals surface area contributed by atoms with Crippen molar-refractivity contribution in [2.45, 2.75) is 121 Å². The summed E-state index contributed by atoms with van der Waals surface area (Å²) in [6, 6.07) is 10.0. The zero-order valence-electron chi connectivity index (χ0n) is 22.4. The zero-order chi connectivity index (χ0) is 25.1. The van der Waals surface area contributed by atoms with E-state index in [0.717, 1.165) is 54.7 Å². The predicted octanol–water partition coefficient (Wildman–Crippen LogP) is 5.48. The van der Waals surface area contributed by atoms with Crippen LogP contribution in [0.4, 0.5) is 5.82 Å². The molecule has 6 heteroatoms. The topological polar surface area (TPSA) is 58.4 Å². The maximum atomic E-state index is 14.1. The van der Waals surface area contributed by atoms with E-state index in [0.29, 0.717) is 17.9 Å². The monoisotopic (exact) mass is 502 g/mol. The van der Waals surface area contributed by atoms with Gasteiger partial charge in [0.05, 0.1) is 17.1 Å². The van der Waals surface area contributed by atoms with Gasteiger partial charge in [0.25, 0.3) is 5.56 Å². The van der Waals surface area contributed by atoms with Crippen LogP contribution in [0.2, 0.25) is 0 Å². The van der Waals surface area contributed by atoms with Crippen LogP contribution < -0.4 is 10.5 Å². The van der Waals surface area contributed by atoms with Crippen LogP contribution in [-0.2, 0) is 4.79 Å². The molecule has 7 rings (SSSR count). The number of carbonyl (C=O) groups is 1. The molecule has 6 nitrogen and oxygen atoms in total. The third-order valence-corrected chi connectivity index (χ3v) is 10.7. The summed E-state index contributed by atoms with van der Waals surface area (Å²) < 4.78 is 2.09. The summed E-state index contributed by atoms with van der Waals surface area (Å²) in [6.07, 6.45) is 16.8. The first-order valence-electron chi connectivity index (χ1n) is 15.1. The number of ketones is 1. The van der Waals surface area contributed by atoms with Crippen molar-refractivity contribution >= 4 is 22.6 Å². The highest BCUT2D eigenvalue weighted by atomic mass is 16.1. The highest BCUT2D eigenvalue weighted by molar-refractivity contribution is 5.87. The lowest BCUT2D eigenvalue weighted by Gasteiger charge is -2.54. The Bertz CT molecular complexity index is 1210. The van der Waals surface area contributed by atoms with E-state index >= 15 is 0 Å². The zero-order valence-corrected chi connectivity index (χ0v) is 22.4. The summed E-state index contributed by atoms with van der Waals surface area (Å²) >= 11 is 0. The van der Waals surface area contributed by atoms with Crippen molar-refractivity contribution < 1.29 is 4.79 Å². The minimum Gasteiger partial charge on any atom is -0.342 e. The minimum atomic E-state index is -0.203. The molecule has 0 N–H and O–H groups in total. The molecule has 198 valence electrons. The summed E-state index contributed by atoms with van der Waals surface area (Å²) in [4.78, 5) is 36.0. The van der Waals surface area contributed by atoms with Crippen LogP contribution in [0.25, 0.3) is 11.0 Å². The molecule has 2 saturated carbocycles. The maximum Gasteiger partial charge on any atom is 0.294 e. The number of carbonyl (C=O) groups excluding carboxylic acids is 1. The number of rotatable bonds is 4. The lowest BCUT2D eigenvalue weighted by Crippen LogP contribution is -2.59. The van der Waals surface area contributed by atoms with Gasteiger partial charge >= 0.3 is 0 Å². The first-order chi connectivity index (χ1) is 18.1. The molecule has 1 aromatic heterocycles. The molecular weight excluding hydrogens is 460 g/mol. The molecule has 5 aliphatic rings. The Balaban J connectivity index is 1.22. The van der Waals surface area contributed by atoms with Crippen molar-refractivity contribution in [3.8, 4) is 0 Å². The van der Waals surface area contributed by atoms with Gasteiger partial charge in [-0.15, -0.1) is 0 Å². The van der Waals surface area contributed by atoms with Crippen LogP contribution in [-0.4, -0.2) is 50.9 Å². The van der Waals surface area contributed by atoms with Crippen molar-refractivity contribution in [1.82, 2.24) is 14.5 Å². The third kappa shape index (κ3) is 4.14. The van der Waals surface area contributed by atoms with Gasteiger partial charge in [0.2, 0.25) is 0 Å². The van der Waals surface area contributed by atoms with Crippen molar-refractivity contribution in [3.05, 3.63) is 34.6 Å². The maximum absolute atomic E-state index is 14.1. The van der Waals surface area contributed by atoms with Crippen LogP contribution in [0.5, 0.6) is 0 Å². The Labute approximate surface area is 220 Å². The molecular formula is C31H42N4O2. The number of para-hydroxylation sites is 2. The van der Waals surface area contributed by atoms with E-state index in [4.69, 9.17) is 4.98 Å².